The summed E-state index contributed by atoms with van der Waals surface area (Å²) in [6, 6.07) is 1.66. The molecule has 0 aliphatic carbocycles. The van der Waals surface area contributed by atoms with Gasteiger partial charge in [0.25, 0.3) is 5.91 Å². The predicted octanol–water partition coefficient (Wildman–Crippen LogP) is 0.0307. The molecule has 1 amide bonds. The molecule has 2 aromatic rings. The summed E-state index contributed by atoms with van der Waals surface area (Å²) in [6.07, 6.45) is 3.04. The summed E-state index contributed by atoms with van der Waals surface area (Å²) in [6.45, 7) is 2.07. The van der Waals surface area contributed by atoms with Crippen molar-refractivity contribution < 1.29 is 4.79 Å². The number of nitrogens with one attached hydrogen (secondary N) is 1. The molecule has 0 bridgehead atoms. The molecule has 18 heavy (non-hydrogen) atoms. The number of aromatic nitrogens is 4. The molecule has 0 saturated heterocycles. The van der Waals surface area contributed by atoms with Gasteiger partial charge in [0.05, 0.1) is 12.1 Å². The molecule has 0 radical (unpaired) electrons. The average molecular weight is 246 g/mol. The number of pyridine rings is 1. The molecule has 0 fully saturated rings. The van der Waals surface area contributed by atoms with E-state index in [1.807, 2.05) is 6.92 Å². The highest BCUT2D eigenvalue weighted by Crippen LogP contribution is 2.11. The van der Waals surface area contributed by atoms with E-state index in [2.05, 4.69) is 20.4 Å². The van der Waals surface area contributed by atoms with E-state index in [9.17, 15) is 4.79 Å². The van der Waals surface area contributed by atoms with Crippen LogP contribution in [0.5, 0.6) is 0 Å². The lowest BCUT2D eigenvalue weighted by Crippen LogP contribution is -2.24. The quantitative estimate of drug-likeness (QED) is 0.796. The Morgan fingerprint density at radius 3 is 2.89 bits per heavy atom. The summed E-state index contributed by atoms with van der Waals surface area (Å²) >= 11 is 0. The van der Waals surface area contributed by atoms with E-state index in [0.29, 0.717) is 17.1 Å². The van der Waals surface area contributed by atoms with Gasteiger partial charge in [0.15, 0.2) is 5.82 Å². The van der Waals surface area contributed by atoms with Crippen LogP contribution in [0.1, 0.15) is 21.9 Å². The smallest absolute Gasteiger partial charge is 0.255 e. The molecule has 0 aromatic carbocycles. The normalized spacial score (nSPS) is 10.3. The van der Waals surface area contributed by atoms with Crippen molar-refractivity contribution in [3.05, 3.63) is 35.7 Å². The van der Waals surface area contributed by atoms with Gasteiger partial charge in [-0.15, -0.1) is 0 Å². The number of rotatable bonds is 3. The van der Waals surface area contributed by atoms with Gasteiger partial charge in [0.1, 0.15) is 6.33 Å². The molecule has 2 rings (SSSR count). The Balaban J connectivity index is 2.03. The third-order valence-electron chi connectivity index (χ3n) is 2.37. The number of aryl methyl sites for hydroxylation is 2. The summed E-state index contributed by atoms with van der Waals surface area (Å²) in [5.41, 5.74) is 7.30. The zero-order valence-electron chi connectivity index (χ0n) is 10.2. The summed E-state index contributed by atoms with van der Waals surface area (Å²) in [5.74, 6) is 0.261. The van der Waals surface area contributed by atoms with Crippen LogP contribution >= 0.6 is 0 Å². The van der Waals surface area contributed by atoms with Crippen molar-refractivity contribution in [1.29, 1.82) is 0 Å². The molecule has 0 aliphatic rings. The molecule has 0 atom stereocenters. The van der Waals surface area contributed by atoms with Gasteiger partial charge in [-0.25, -0.2) is 4.98 Å². The Bertz CT molecular complexity index is 577. The molecular formula is C11H14N6O. The summed E-state index contributed by atoms with van der Waals surface area (Å²) in [7, 11) is 1.76. The largest absolute Gasteiger partial charge is 0.398 e. The fourth-order valence-corrected chi connectivity index (χ4v) is 1.49. The van der Waals surface area contributed by atoms with Crippen LogP contribution < -0.4 is 11.1 Å². The number of nitrogen functional groups attached to an aromatic ring is 1. The minimum Gasteiger partial charge on any atom is -0.398 e. The van der Waals surface area contributed by atoms with E-state index in [1.165, 1.54) is 6.20 Å². The number of nitrogens with zero attached hydrogens (tertiary/aromatic N) is 4. The lowest BCUT2D eigenvalue weighted by atomic mass is 10.2. The Hall–Kier alpha value is -2.44. The first-order valence-corrected chi connectivity index (χ1v) is 5.41. The summed E-state index contributed by atoms with van der Waals surface area (Å²) < 4.78 is 1.57. The number of anilines is 1. The molecule has 2 aromatic heterocycles. The maximum atomic E-state index is 11.9. The lowest BCUT2D eigenvalue weighted by molar-refractivity contribution is 0.0950. The molecule has 3 N–H and O–H groups in total. The molecule has 7 nitrogen and oxygen atoms in total. The van der Waals surface area contributed by atoms with Crippen molar-refractivity contribution in [2.45, 2.75) is 13.5 Å². The minimum absolute atomic E-state index is 0.257. The van der Waals surface area contributed by atoms with E-state index in [-0.39, 0.29) is 12.5 Å². The Morgan fingerprint density at radius 2 is 2.28 bits per heavy atom. The molecule has 2 heterocycles. The van der Waals surface area contributed by atoms with Crippen LogP contribution in [-0.4, -0.2) is 25.7 Å². The molecule has 0 saturated carbocycles. The highest BCUT2D eigenvalue weighted by atomic mass is 16.1. The molecule has 0 unspecified atom stereocenters. The third-order valence-corrected chi connectivity index (χ3v) is 2.37. The third kappa shape index (κ3) is 2.62. The molecule has 7 heteroatoms. The summed E-state index contributed by atoms with van der Waals surface area (Å²) in [5, 5.41) is 6.75. The first-order valence-electron chi connectivity index (χ1n) is 5.41. The zero-order valence-corrected chi connectivity index (χ0v) is 10.2. The van der Waals surface area contributed by atoms with Crippen LogP contribution in [-0.2, 0) is 13.6 Å². The van der Waals surface area contributed by atoms with Crippen LogP contribution in [0.4, 0.5) is 5.69 Å². The standard InChI is InChI=1S/C11H14N6O/c1-7-3-9(12)8(4-13-7)11(18)14-5-10-15-6-17(2)16-10/h3-4,6H,5H2,1-2H3,(H2,12,13)(H,14,18). The van der Waals surface area contributed by atoms with Gasteiger partial charge in [0, 0.05) is 24.6 Å². The second-order valence-corrected chi connectivity index (χ2v) is 3.93. The van der Waals surface area contributed by atoms with Crippen LogP contribution in [0.25, 0.3) is 0 Å². The van der Waals surface area contributed by atoms with Crippen molar-refractivity contribution in [2.24, 2.45) is 7.05 Å². The highest BCUT2D eigenvalue weighted by molar-refractivity contribution is 5.98. The maximum Gasteiger partial charge on any atom is 0.255 e. The SMILES string of the molecule is Cc1cc(N)c(C(=O)NCc2ncn(C)n2)cn1. The fourth-order valence-electron chi connectivity index (χ4n) is 1.49. The van der Waals surface area contributed by atoms with Crippen LogP contribution in [0.3, 0.4) is 0 Å². The fraction of sp³-hybridized carbons (Fsp3) is 0.273. The Labute approximate surface area is 104 Å². The van der Waals surface area contributed by atoms with E-state index < -0.39 is 0 Å². The van der Waals surface area contributed by atoms with Crippen molar-refractivity contribution in [3.63, 3.8) is 0 Å². The van der Waals surface area contributed by atoms with Gasteiger partial charge in [-0.05, 0) is 13.0 Å². The van der Waals surface area contributed by atoms with Crippen LogP contribution in [0.2, 0.25) is 0 Å². The van der Waals surface area contributed by atoms with Gasteiger partial charge in [-0.1, -0.05) is 0 Å². The molecule has 0 spiro atoms. The van der Waals surface area contributed by atoms with Gasteiger partial charge in [-0.3, -0.25) is 14.5 Å². The number of hydrogen-bond donors (Lipinski definition) is 2. The van der Waals surface area contributed by atoms with E-state index in [0.717, 1.165) is 5.69 Å². The maximum absolute atomic E-state index is 11.9. The first kappa shape index (κ1) is 12.0. The Morgan fingerprint density at radius 1 is 1.50 bits per heavy atom. The Kier molecular flexibility index (Phi) is 3.22. The second kappa shape index (κ2) is 4.82. The van der Waals surface area contributed by atoms with Crippen molar-refractivity contribution in [2.75, 3.05) is 5.73 Å². The van der Waals surface area contributed by atoms with Gasteiger partial charge >= 0.3 is 0 Å². The van der Waals surface area contributed by atoms with E-state index >= 15 is 0 Å². The van der Waals surface area contributed by atoms with E-state index in [1.54, 1.807) is 24.1 Å². The average Bonchev–Trinajstić information content (AvgIpc) is 2.72. The molecular weight excluding hydrogens is 232 g/mol. The van der Waals surface area contributed by atoms with Crippen molar-refractivity contribution in [3.8, 4) is 0 Å². The second-order valence-electron chi connectivity index (χ2n) is 3.93. The van der Waals surface area contributed by atoms with Gasteiger partial charge in [-0.2, -0.15) is 5.10 Å². The number of hydrogen-bond acceptors (Lipinski definition) is 5. The van der Waals surface area contributed by atoms with E-state index in [4.69, 9.17) is 5.73 Å². The topological polar surface area (TPSA) is 98.7 Å². The first-order chi connectivity index (χ1) is 8.56. The minimum atomic E-state index is -0.285. The van der Waals surface area contributed by atoms with Gasteiger partial charge in [0.2, 0.25) is 0 Å². The van der Waals surface area contributed by atoms with Crippen LogP contribution in [0.15, 0.2) is 18.6 Å². The number of carbonyl (C=O) groups is 1. The van der Waals surface area contributed by atoms with Crippen molar-refractivity contribution >= 4 is 11.6 Å². The predicted molar refractivity (Wildman–Crippen MR) is 65.6 cm³/mol. The number of amides is 1. The molecule has 94 valence electrons. The van der Waals surface area contributed by atoms with Crippen molar-refractivity contribution in [1.82, 2.24) is 25.1 Å². The highest BCUT2D eigenvalue weighted by Gasteiger charge is 2.10. The zero-order chi connectivity index (χ0) is 13.1. The number of nitrogens with two attached hydrogens (primary N) is 1. The molecule has 0 aliphatic heterocycles. The number of carbonyl (C=O) groups excluding carboxylic acids is 1. The lowest BCUT2D eigenvalue weighted by Gasteiger charge is -2.06. The summed E-state index contributed by atoms with van der Waals surface area (Å²) in [4.78, 5) is 19.9. The monoisotopic (exact) mass is 246 g/mol. The van der Waals surface area contributed by atoms with Gasteiger partial charge < -0.3 is 11.1 Å². The van der Waals surface area contributed by atoms with Crippen LogP contribution in [0, 0.1) is 6.92 Å².